The van der Waals surface area contributed by atoms with Crippen LogP contribution in [0.2, 0.25) is 0 Å². The molecule has 1 N–H and O–H groups in total. The minimum absolute atomic E-state index is 0.00243. The van der Waals surface area contributed by atoms with Crippen molar-refractivity contribution in [3.05, 3.63) is 56.3 Å². The molecule has 126 valence electrons. The van der Waals surface area contributed by atoms with Crippen LogP contribution in [0.3, 0.4) is 0 Å². The number of carbonyl (C=O) groups is 1. The van der Waals surface area contributed by atoms with Gasteiger partial charge in [0.1, 0.15) is 5.75 Å². The van der Waals surface area contributed by atoms with Gasteiger partial charge < -0.3 is 4.74 Å². The molecular weight excluding hydrogens is 330 g/mol. The van der Waals surface area contributed by atoms with Crippen LogP contribution in [0.4, 0.5) is 5.69 Å². The summed E-state index contributed by atoms with van der Waals surface area (Å²) in [5.74, 6) is 0.206. The third kappa shape index (κ3) is 5.47. The Morgan fingerprint density at radius 1 is 1.42 bits per heavy atom. The van der Waals surface area contributed by atoms with Crippen molar-refractivity contribution < 1.29 is 14.5 Å². The van der Waals surface area contributed by atoms with Crippen LogP contribution in [0.25, 0.3) is 0 Å². The normalized spacial score (nSPS) is 10.7. The number of hydrazone groups is 1. The van der Waals surface area contributed by atoms with E-state index in [0.717, 1.165) is 12.8 Å². The molecule has 0 unspecified atom stereocenters. The zero-order valence-corrected chi connectivity index (χ0v) is 13.9. The molecule has 0 aliphatic heterocycles. The van der Waals surface area contributed by atoms with E-state index in [-0.39, 0.29) is 12.3 Å². The van der Waals surface area contributed by atoms with E-state index in [4.69, 9.17) is 4.74 Å². The number of nitrogens with zero attached hydrogens (tertiary/aromatic N) is 2. The van der Waals surface area contributed by atoms with Crippen molar-refractivity contribution in [2.45, 2.75) is 19.8 Å². The molecule has 0 spiro atoms. The summed E-state index contributed by atoms with van der Waals surface area (Å²) in [7, 11) is 0. The van der Waals surface area contributed by atoms with Crippen LogP contribution in [0.1, 0.15) is 23.8 Å². The Bertz CT molecular complexity index is 725. The third-order valence-electron chi connectivity index (χ3n) is 3.03. The fourth-order valence-corrected chi connectivity index (χ4v) is 2.61. The second-order valence-corrected chi connectivity index (χ2v) is 5.88. The Hall–Kier alpha value is -2.74. The summed E-state index contributed by atoms with van der Waals surface area (Å²) in [6, 6.07) is 8.98. The monoisotopic (exact) mass is 347 g/mol. The van der Waals surface area contributed by atoms with Crippen molar-refractivity contribution in [1.29, 1.82) is 0 Å². The zero-order chi connectivity index (χ0) is 17.4. The lowest BCUT2D eigenvalue weighted by Crippen LogP contribution is -2.24. The molecule has 1 aromatic carbocycles. The molecule has 1 amide bonds. The topological polar surface area (TPSA) is 93.8 Å². The van der Waals surface area contributed by atoms with Gasteiger partial charge in [0.05, 0.1) is 21.4 Å². The number of benzene rings is 1. The van der Waals surface area contributed by atoms with E-state index in [1.165, 1.54) is 34.6 Å². The van der Waals surface area contributed by atoms with E-state index in [2.05, 4.69) is 17.5 Å². The van der Waals surface area contributed by atoms with Crippen molar-refractivity contribution >= 4 is 29.1 Å². The molecule has 24 heavy (non-hydrogen) atoms. The number of hydrogen-bond donors (Lipinski definition) is 1. The average molecular weight is 347 g/mol. The second kappa shape index (κ2) is 8.78. The summed E-state index contributed by atoms with van der Waals surface area (Å²) in [4.78, 5) is 22.3. The van der Waals surface area contributed by atoms with Gasteiger partial charge in [0.25, 0.3) is 11.6 Å². The Balaban J connectivity index is 1.76. The fraction of sp³-hybridized carbons (Fsp3) is 0.250. The minimum Gasteiger partial charge on any atom is -0.484 e. The molecular formula is C16H17N3O4S. The van der Waals surface area contributed by atoms with Gasteiger partial charge in [0.15, 0.2) is 6.61 Å². The number of nitrogens with one attached hydrogen (secondary N) is 1. The lowest BCUT2D eigenvalue weighted by molar-refractivity contribution is -0.384. The van der Waals surface area contributed by atoms with E-state index in [1.54, 1.807) is 0 Å². The molecule has 2 aromatic rings. The molecule has 0 aliphatic rings. The molecule has 0 radical (unpaired) electrons. The molecule has 2 rings (SSSR count). The van der Waals surface area contributed by atoms with Gasteiger partial charge in [0.2, 0.25) is 0 Å². The summed E-state index contributed by atoms with van der Waals surface area (Å²) in [6.07, 6.45) is 3.44. The highest BCUT2D eigenvalue weighted by Crippen LogP contribution is 2.19. The molecule has 0 atom stereocenters. The fourth-order valence-electron chi connectivity index (χ4n) is 1.90. The highest BCUT2D eigenvalue weighted by Gasteiger charge is 2.07. The molecule has 1 aromatic heterocycles. The largest absolute Gasteiger partial charge is 0.484 e. The number of thiophene rings is 1. The maximum Gasteiger partial charge on any atom is 0.280 e. The summed E-state index contributed by atoms with van der Waals surface area (Å²) in [5, 5.41) is 15.7. The van der Waals surface area contributed by atoms with Crippen molar-refractivity contribution in [3.8, 4) is 5.75 Å². The smallest absolute Gasteiger partial charge is 0.280 e. The standard InChI is InChI=1S/C16H17N3O4S/c1-2-3-12-4-6-14(7-5-12)23-10-16(20)18-17-9-15-8-13(11-24-15)19(21)22/h4-9,11H,2-3,10H2,1H3,(H,18,20)/b17-9+. The molecule has 8 heteroatoms. The first-order chi connectivity index (χ1) is 11.6. The van der Waals surface area contributed by atoms with Gasteiger partial charge >= 0.3 is 0 Å². The summed E-state index contributed by atoms with van der Waals surface area (Å²) >= 11 is 1.17. The predicted octanol–water partition coefficient (Wildman–Crippen LogP) is 3.14. The van der Waals surface area contributed by atoms with Crippen LogP contribution in [-0.2, 0) is 11.2 Å². The van der Waals surface area contributed by atoms with Gasteiger partial charge in [-0.3, -0.25) is 14.9 Å². The molecule has 0 aliphatic carbocycles. The Morgan fingerprint density at radius 3 is 2.79 bits per heavy atom. The van der Waals surface area contributed by atoms with Crippen molar-refractivity contribution in [2.24, 2.45) is 5.10 Å². The first-order valence-electron chi connectivity index (χ1n) is 7.35. The predicted molar refractivity (Wildman–Crippen MR) is 92.6 cm³/mol. The van der Waals surface area contributed by atoms with Crippen molar-refractivity contribution in [2.75, 3.05) is 6.61 Å². The van der Waals surface area contributed by atoms with E-state index < -0.39 is 10.8 Å². The summed E-state index contributed by atoms with van der Waals surface area (Å²) < 4.78 is 5.37. The van der Waals surface area contributed by atoms with Crippen LogP contribution < -0.4 is 10.2 Å². The molecule has 7 nitrogen and oxygen atoms in total. The van der Waals surface area contributed by atoms with E-state index >= 15 is 0 Å². The average Bonchev–Trinajstić information content (AvgIpc) is 3.04. The van der Waals surface area contributed by atoms with Crippen LogP contribution in [-0.4, -0.2) is 23.7 Å². The SMILES string of the molecule is CCCc1ccc(OCC(=O)N/N=C/c2cc([N+](=O)[O-])cs2)cc1. The van der Waals surface area contributed by atoms with Gasteiger partial charge in [-0.15, -0.1) is 11.3 Å². The van der Waals surface area contributed by atoms with Gasteiger partial charge in [-0.05, 0) is 24.1 Å². The van der Waals surface area contributed by atoms with Crippen LogP contribution in [0.5, 0.6) is 5.75 Å². The Labute approximate surface area is 143 Å². The summed E-state index contributed by atoms with van der Waals surface area (Å²) in [6.45, 7) is 1.96. The van der Waals surface area contributed by atoms with Crippen molar-refractivity contribution in [3.63, 3.8) is 0 Å². The maximum absolute atomic E-state index is 11.6. The van der Waals surface area contributed by atoms with Crippen LogP contribution >= 0.6 is 11.3 Å². The number of amides is 1. The molecule has 0 fully saturated rings. The van der Waals surface area contributed by atoms with Crippen LogP contribution in [0, 0.1) is 10.1 Å². The highest BCUT2D eigenvalue weighted by molar-refractivity contribution is 7.12. The lowest BCUT2D eigenvalue weighted by Gasteiger charge is -2.05. The van der Waals surface area contributed by atoms with E-state index in [0.29, 0.717) is 10.6 Å². The number of carbonyl (C=O) groups excluding carboxylic acids is 1. The number of ether oxygens (including phenoxy) is 1. The highest BCUT2D eigenvalue weighted by atomic mass is 32.1. The molecule has 0 saturated carbocycles. The third-order valence-corrected chi connectivity index (χ3v) is 3.88. The molecule has 1 heterocycles. The van der Waals surface area contributed by atoms with Gasteiger partial charge in [-0.1, -0.05) is 25.5 Å². The first-order valence-corrected chi connectivity index (χ1v) is 8.23. The summed E-state index contributed by atoms with van der Waals surface area (Å²) in [5.41, 5.74) is 3.54. The lowest BCUT2D eigenvalue weighted by atomic mass is 10.1. The number of aryl methyl sites for hydroxylation is 1. The molecule has 0 saturated heterocycles. The van der Waals surface area contributed by atoms with E-state index in [9.17, 15) is 14.9 Å². The zero-order valence-electron chi connectivity index (χ0n) is 13.1. The number of rotatable bonds is 8. The maximum atomic E-state index is 11.6. The first kappa shape index (κ1) is 17.6. The second-order valence-electron chi connectivity index (χ2n) is 4.94. The van der Waals surface area contributed by atoms with Crippen molar-refractivity contribution in [1.82, 2.24) is 5.43 Å². The molecule has 0 bridgehead atoms. The van der Waals surface area contributed by atoms with Gasteiger partial charge in [0, 0.05) is 6.07 Å². The number of hydrogen-bond acceptors (Lipinski definition) is 6. The van der Waals surface area contributed by atoms with E-state index in [1.807, 2.05) is 24.3 Å². The van der Waals surface area contributed by atoms with Gasteiger partial charge in [-0.2, -0.15) is 5.10 Å². The van der Waals surface area contributed by atoms with Gasteiger partial charge in [-0.25, -0.2) is 5.43 Å². The Kier molecular flexibility index (Phi) is 6.44. The Morgan fingerprint density at radius 2 is 2.17 bits per heavy atom. The minimum atomic E-state index is -0.480. The van der Waals surface area contributed by atoms with Crippen LogP contribution in [0.15, 0.2) is 40.8 Å². The number of nitro groups is 1. The quantitative estimate of drug-likeness (QED) is 0.451.